The molecule has 0 unspecified atom stereocenters. The van der Waals surface area contributed by atoms with Crippen LogP contribution < -0.4 is 24.8 Å². The number of anilines is 1. The van der Waals surface area contributed by atoms with Gasteiger partial charge >= 0.3 is 0 Å². The van der Waals surface area contributed by atoms with Gasteiger partial charge in [0.2, 0.25) is 17.6 Å². The lowest BCUT2D eigenvalue weighted by Crippen LogP contribution is -2.52. The summed E-state index contributed by atoms with van der Waals surface area (Å²) in [5.74, 6) is 0.785. The van der Waals surface area contributed by atoms with Gasteiger partial charge in [0.15, 0.2) is 11.5 Å². The second-order valence-electron chi connectivity index (χ2n) is 6.62. The second kappa shape index (κ2) is 9.71. The van der Waals surface area contributed by atoms with Crippen molar-refractivity contribution >= 4 is 29.3 Å². The Balaban J connectivity index is 1.63. The summed E-state index contributed by atoms with van der Waals surface area (Å²) < 4.78 is 28.9. The molecule has 0 radical (unpaired) electrons. The fourth-order valence-electron chi connectivity index (χ4n) is 3.10. The van der Waals surface area contributed by atoms with Gasteiger partial charge in [-0.05, 0) is 24.1 Å². The predicted octanol–water partition coefficient (Wildman–Crippen LogP) is 2.63. The Bertz CT molecular complexity index is 897. The molecule has 0 aromatic heterocycles. The van der Waals surface area contributed by atoms with Crippen molar-refractivity contribution in [1.29, 1.82) is 0 Å². The van der Waals surface area contributed by atoms with Crippen LogP contribution in [-0.4, -0.2) is 50.2 Å². The van der Waals surface area contributed by atoms with Crippen LogP contribution in [0.5, 0.6) is 17.2 Å². The van der Waals surface area contributed by atoms with Gasteiger partial charge in [0, 0.05) is 23.6 Å². The average Bonchev–Trinajstić information content (AvgIpc) is 2.75. The zero-order valence-corrected chi connectivity index (χ0v) is 17.7. The van der Waals surface area contributed by atoms with Crippen LogP contribution in [0.3, 0.4) is 0 Å². The Morgan fingerprint density at radius 1 is 1.13 bits per heavy atom. The minimum atomic E-state index is -0.675. The first-order chi connectivity index (χ1) is 14.4. The number of rotatable bonds is 7. The average molecular weight is 434 g/mol. The van der Waals surface area contributed by atoms with Gasteiger partial charge in [-0.2, -0.15) is 0 Å². The summed E-state index contributed by atoms with van der Waals surface area (Å²) in [5, 5.41) is 5.21. The summed E-state index contributed by atoms with van der Waals surface area (Å²) in [5.41, 5.74) is 1.33. The number of nitrogens with one attached hydrogen (secondary N) is 2. The molecular weight excluding hydrogens is 411 g/mol. The molecule has 0 spiro atoms. The van der Waals surface area contributed by atoms with Crippen LogP contribution in [0.2, 0.25) is 0 Å². The lowest BCUT2D eigenvalue weighted by atomic mass is 10.1. The van der Waals surface area contributed by atoms with Crippen LogP contribution >= 0.6 is 11.8 Å². The highest BCUT2D eigenvalue weighted by Gasteiger charge is 2.32. The second-order valence-corrected chi connectivity index (χ2v) is 7.85. The highest BCUT2D eigenvalue weighted by atomic mass is 32.2. The normalized spacial score (nSPS) is 18.3. The number of thioether (sulfide) groups is 1. The third-order valence-corrected chi connectivity index (χ3v) is 5.97. The Morgan fingerprint density at radius 3 is 2.30 bits per heavy atom. The van der Waals surface area contributed by atoms with Gasteiger partial charge in [0.25, 0.3) is 0 Å². The van der Waals surface area contributed by atoms with Gasteiger partial charge < -0.3 is 24.8 Å². The maximum Gasteiger partial charge on any atom is 0.247 e. The minimum absolute atomic E-state index is 0.222. The van der Waals surface area contributed by atoms with Gasteiger partial charge in [-0.3, -0.25) is 9.59 Å². The number of hydrogen-bond acceptors (Lipinski definition) is 6. The van der Waals surface area contributed by atoms with Crippen LogP contribution in [0.15, 0.2) is 36.4 Å². The molecule has 2 amide bonds. The summed E-state index contributed by atoms with van der Waals surface area (Å²) in [6, 6.07) is 8.62. The molecular formula is C21H23FN2O5S. The molecule has 0 bridgehead atoms. The van der Waals surface area contributed by atoms with E-state index in [2.05, 4.69) is 10.6 Å². The first-order valence-electron chi connectivity index (χ1n) is 9.22. The van der Waals surface area contributed by atoms with Crippen molar-refractivity contribution in [1.82, 2.24) is 5.32 Å². The largest absolute Gasteiger partial charge is 0.493 e. The van der Waals surface area contributed by atoms with Gasteiger partial charge in [-0.1, -0.05) is 12.1 Å². The third kappa shape index (κ3) is 4.96. The Kier molecular flexibility index (Phi) is 7.04. The fraction of sp³-hybridized carbons (Fsp3) is 0.333. The van der Waals surface area contributed by atoms with Crippen molar-refractivity contribution in [3.8, 4) is 17.2 Å². The minimum Gasteiger partial charge on any atom is -0.493 e. The molecule has 9 heteroatoms. The number of methoxy groups -OCH3 is 3. The van der Waals surface area contributed by atoms with E-state index in [9.17, 15) is 14.0 Å². The van der Waals surface area contributed by atoms with Crippen molar-refractivity contribution in [3.63, 3.8) is 0 Å². The number of halogens is 1. The molecule has 160 valence electrons. The van der Waals surface area contributed by atoms with Gasteiger partial charge in [0.1, 0.15) is 11.9 Å². The summed E-state index contributed by atoms with van der Waals surface area (Å²) in [6.07, 6.45) is 0.470. The molecule has 1 aliphatic heterocycles. The zero-order chi connectivity index (χ0) is 21.7. The van der Waals surface area contributed by atoms with E-state index >= 15 is 0 Å². The van der Waals surface area contributed by atoms with Gasteiger partial charge in [0.05, 0.1) is 26.6 Å². The maximum absolute atomic E-state index is 13.0. The monoisotopic (exact) mass is 434 g/mol. The van der Waals surface area contributed by atoms with Crippen LogP contribution in [-0.2, 0) is 16.0 Å². The summed E-state index contributed by atoms with van der Waals surface area (Å²) in [4.78, 5) is 25.2. The SMILES string of the molecule is COc1cc(NC(=O)[C@H]2CS[C@H](Cc3ccc(F)cc3)C(=O)N2)cc(OC)c1OC. The van der Waals surface area contributed by atoms with Gasteiger partial charge in [-0.15, -0.1) is 11.8 Å². The van der Waals surface area contributed by atoms with E-state index < -0.39 is 6.04 Å². The van der Waals surface area contributed by atoms with Crippen LogP contribution in [0.25, 0.3) is 0 Å². The number of benzene rings is 2. The Hall–Kier alpha value is -2.94. The molecule has 2 N–H and O–H groups in total. The van der Waals surface area contributed by atoms with Crippen molar-refractivity contribution in [3.05, 3.63) is 47.8 Å². The number of hydrogen-bond donors (Lipinski definition) is 2. The Labute approximate surface area is 178 Å². The lowest BCUT2D eigenvalue weighted by Gasteiger charge is -2.28. The quantitative estimate of drug-likeness (QED) is 0.697. The number of ether oxygens (including phenoxy) is 3. The molecule has 7 nitrogen and oxygen atoms in total. The van der Waals surface area contributed by atoms with Crippen molar-refractivity contribution in [2.45, 2.75) is 17.7 Å². The smallest absolute Gasteiger partial charge is 0.247 e. The molecule has 0 saturated carbocycles. The van der Waals surface area contributed by atoms with Crippen LogP contribution in [0.1, 0.15) is 5.56 Å². The van der Waals surface area contributed by atoms with E-state index in [1.807, 2.05) is 0 Å². The Morgan fingerprint density at radius 2 is 1.77 bits per heavy atom. The van der Waals surface area contributed by atoms with E-state index in [1.54, 1.807) is 24.3 Å². The van der Waals surface area contributed by atoms with Crippen LogP contribution in [0, 0.1) is 5.82 Å². The van der Waals surface area contributed by atoms with Crippen molar-refractivity contribution in [2.75, 3.05) is 32.4 Å². The zero-order valence-electron chi connectivity index (χ0n) is 16.9. The van der Waals surface area contributed by atoms with E-state index in [4.69, 9.17) is 14.2 Å². The van der Waals surface area contributed by atoms with E-state index in [-0.39, 0.29) is 22.9 Å². The fourth-order valence-corrected chi connectivity index (χ4v) is 4.29. The highest BCUT2D eigenvalue weighted by molar-refractivity contribution is 8.00. The first kappa shape index (κ1) is 21.8. The van der Waals surface area contributed by atoms with E-state index in [0.29, 0.717) is 35.1 Å². The third-order valence-electron chi connectivity index (χ3n) is 4.66. The number of amides is 2. The standard InChI is InChI=1S/C21H23FN2O5S/c1-27-16-9-14(10-17(28-2)19(16)29-3)23-20(25)15-11-30-18(21(26)24-15)8-12-4-6-13(22)7-5-12/h4-7,9-10,15,18H,8,11H2,1-3H3,(H,23,25)(H,24,26)/t15-,18-/m1/s1. The summed E-state index contributed by atoms with van der Waals surface area (Å²) in [6.45, 7) is 0. The molecule has 2 atom stereocenters. The van der Waals surface area contributed by atoms with Crippen LogP contribution in [0.4, 0.5) is 10.1 Å². The highest BCUT2D eigenvalue weighted by Crippen LogP contribution is 2.40. The lowest BCUT2D eigenvalue weighted by molar-refractivity contribution is -0.126. The molecule has 1 heterocycles. The van der Waals surface area contributed by atoms with Gasteiger partial charge in [-0.25, -0.2) is 4.39 Å². The predicted molar refractivity (Wildman–Crippen MR) is 113 cm³/mol. The molecule has 2 aromatic carbocycles. The molecule has 1 aliphatic rings. The molecule has 2 aromatic rings. The summed E-state index contributed by atoms with van der Waals surface area (Å²) >= 11 is 1.40. The molecule has 0 aliphatic carbocycles. The van der Waals surface area contributed by atoms with E-state index in [1.165, 1.54) is 45.2 Å². The molecule has 30 heavy (non-hydrogen) atoms. The first-order valence-corrected chi connectivity index (χ1v) is 10.3. The van der Waals surface area contributed by atoms with E-state index in [0.717, 1.165) is 5.56 Å². The topological polar surface area (TPSA) is 85.9 Å². The molecule has 1 saturated heterocycles. The molecule has 1 fully saturated rings. The van der Waals surface area contributed by atoms with Crippen molar-refractivity contribution in [2.24, 2.45) is 0 Å². The summed E-state index contributed by atoms with van der Waals surface area (Å²) in [7, 11) is 4.47. The van der Waals surface area contributed by atoms with Crippen molar-refractivity contribution < 1.29 is 28.2 Å². The number of carbonyl (C=O) groups is 2. The maximum atomic E-state index is 13.0. The number of carbonyl (C=O) groups excluding carboxylic acids is 2. The molecule has 3 rings (SSSR count).